The minimum Gasteiger partial charge on any atom is -0.360 e. The van der Waals surface area contributed by atoms with Gasteiger partial charge in [-0.05, 0) is 44.2 Å². The number of hydrogen-bond donors (Lipinski definition) is 2. The maximum atomic E-state index is 12.3. The van der Waals surface area contributed by atoms with Crippen LogP contribution in [0, 0.1) is 13.8 Å². The monoisotopic (exact) mass is 381 g/mol. The average molecular weight is 381 g/mol. The Morgan fingerprint density at radius 1 is 1.04 bits per heavy atom. The van der Waals surface area contributed by atoms with Gasteiger partial charge in [-0.3, -0.25) is 9.59 Å². The van der Waals surface area contributed by atoms with Crippen LogP contribution < -0.4 is 10.6 Å². The van der Waals surface area contributed by atoms with E-state index in [0.717, 1.165) is 10.5 Å². The molecule has 7 heteroatoms. The fourth-order valence-corrected chi connectivity index (χ4v) is 3.08. The molecule has 0 fully saturated rings. The summed E-state index contributed by atoms with van der Waals surface area (Å²) in [4.78, 5) is 25.2. The Labute approximate surface area is 161 Å². The fraction of sp³-hybridized carbons (Fsp3) is 0.150. The number of carbonyl (C=O) groups excluding carboxylic acids is 2. The van der Waals surface area contributed by atoms with Gasteiger partial charge in [-0.2, -0.15) is 0 Å². The van der Waals surface area contributed by atoms with Crippen LogP contribution in [0.3, 0.4) is 0 Å². The molecule has 0 radical (unpaired) electrons. The van der Waals surface area contributed by atoms with Crippen LogP contribution in [0.2, 0.25) is 0 Å². The third-order valence-corrected chi connectivity index (χ3v) is 4.66. The fourth-order valence-electron chi connectivity index (χ4n) is 2.32. The molecule has 0 aliphatic rings. The molecule has 0 unspecified atom stereocenters. The lowest BCUT2D eigenvalue weighted by Gasteiger charge is -2.08. The molecule has 27 heavy (non-hydrogen) atoms. The molecule has 0 aliphatic heterocycles. The number of benzene rings is 2. The first-order valence-corrected chi connectivity index (χ1v) is 9.32. The van der Waals surface area contributed by atoms with E-state index in [-0.39, 0.29) is 17.6 Å². The number of rotatable bonds is 6. The van der Waals surface area contributed by atoms with Gasteiger partial charge < -0.3 is 15.2 Å². The number of hydrogen-bond acceptors (Lipinski definition) is 5. The van der Waals surface area contributed by atoms with E-state index in [1.54, 1.807) is 25.1 Å². The number of amides is 2. The summed E-state index contributed by atoms with van der Waals surface area (Å²) in [6.45, 7) is 3.73. The summed E-state index contributed by atoms with van der Waals surface area (Å²) in [5.41, 5.74) is 2.38. The van der Waals surface area contributed by atoms with E-state index in [2.05, 4.69) is 15.8 Å². The zero-order valence-electron chi connectivity index (χ0n) is 15.0. The maximum absolute atomic E-state index is 12.3. The Balaban J connectivity index is 1.56. The second-order valence-electron chi connectivity index (χ2n) is 6.01. The molecular weight excluding hydrogens is 362 g/mol. The molecule has 2 amide bonds. The molecule has 0 saturated heterocycles. The van der Waals surface area contributed by atoms with Crippen molar-refractivity contribution in [2.75, 3.05) is 16.4 Å². The topological polar surface area (TPSA) is 84.2 Å². The van der Waals surface area contributed by atoms with Gasteiger partial charge in [-0.15, -0.1) is 11.8 Å². The first-order chi connectivity index (χ1) is 13.0. The van der Waals surface area contributed by atoms with Crippen LogP contribution in [0.1, 0.15) is 21.7 Å². The summed E-state index contributed by atoms with van der Waals surface area (Å²) < 4.78 is 4.91. The molecule has 138 valence electrons. The number of thioether (sulfide) groups is 1. The number of nitrogens with one attached hydrogen (secondary N) is 2. The van der Waals surface area contributed by atoms with Crippen LogP contribution in [0.25, 0.3) is 0 Å². The zero-order valence-corrected chi connectivity index (χ0v) is 15.8. The molecule has 0 spiro atoms. The van der Waals surface area contributed by atoms with Crippen molar-refractivity contribution in [3.8, 4) is 0 Å². The van der Waals surface area contributed by atoms with Gasteiger partial charge in [0.15, 0.2) is 5.82 Å². The summed E-state index contributed by atoms with van der Waals surface area (Å²) in [7, 11) is 0. The Morgan fingerprint density at radius 3 is 2.52 bits per heavy atom. The minimum atomic E-state index is -0.178. The smallest absolute Gasteiger partial charge is 0.255 e. The van der Waals surface area contributed by atoms with Crippen LogP contribution in [-0.4, -0.2) is 22.7 Å². The number of aryl methyl sites for hydroxylation is 2. The SMILES string of the molecule is Cc1ccc(C(=O)Nc2cccc(SCC(=O)Nc3cc(C)on3)c2)cc1. The predicted molar refractivity (Wildman–Crippen MR) is 106 cm³/mol. The largest absolute Gasteiger partial charge is 0.360 e. The van der Waals surface area contributed by atoms with Crippen molar-refractivity contribution in [3.63, 3.8) is 0 Å². The molecule has 0 atom stereocenters. The van der Waals surface area contributed by atoms with E-state index < -0.39 is 0 Å². The lowest BCUT2D eigenvalue weighted by molar-refractivity contribution is -0.113. The molecule has 3 rings (SSSR count). The Kier molecular flexibility index (Phi) is 5.93. The molecule has 2 aromatic carbocycles. The third-order valence-electron chi connectivity index (χ3n) is 3.67. The van der Waals surface area contributed by atoms with E-state index in [1.807, 2.05) is 43.3 Å². The van der Waals surface area contributed by atoms with Gasteiger partial charge in [-0.25, -0.2) is 0 Å². The first-order valence-electron chi connectivity index (χ1n) is 8.33. The van der Waals surface area contributed by atoms with Gasteiger partial charge >= 0.3 is 0 Å². The van der Waals surface area contributed by atoms with E-state index >= 15 is 0 Å². The van der Waals surface area contributed by atoms with Crippen LogP contribution in [0.15, 0.2) is 64.0 Å². The van der Waals surface area contributed by atoms with Gasteiger partial charge in [0.1, 0.15) is 5.76 Å². The molecule has 6 nitrogen and oxygen atoms in total. The highest BCUT2D eigenvalue weighted by atomic mass is 32.2. The summed E-state index contributed by atoms with van der Waals surface area (Å²) in [6, 6.07) is 16.4. The third kappa shape index (κ3) is 5.46. The van der Waals surface area contributed by atoms with Crippen molar-refractivity contribution in [2.24, 2.45) is 0 Å². The van der Waals surface area contributed by atoms with Crippen LogP contribution in [0.4, 0.5) is 11.5 Å². The van der Waals surface area contributed by atoms with Gasteiger partial charge in [0, 0.05) is 22.2 Å². The van der Waals surface area contributed by atoms with Crippen LogP contribution >= 0.6 is 11.8 Å². The van der Waals surface area contributed by atoms with Crippen molar-refractivity contribution in [3.05, 3.63) is 71.5 Å². The Bertz CT molecular complexity index is 951. The highest BCUT2D eigenvalue weighted by molar-refractivity contribution is 8.00. The highest BCUT2D eigenvalue weighted by Gasteiger charge is 2.09. The molecule has 2 N–H and O–H groups in total. The number of carbonyl (C=O) groups is 2. The zero-order chi connectivity index (χ0) is 19.2. The predicted octanol–water partition coefficient (Wildman–Crippen LogP) is 4.27. The van der Waals surface area contributed by atoms with Gasteiger partial charge in [-0.1, -0.05) is 28.9 Å². The lowest BCUT2D eigenvalue weighted by Crippen LogP contribution is -2.14. The van der Waals surface area contributed by atoms with E-state index in [1.165, 1.54) is 11.8 Å². The van der Waals surface area contributed by atoms with Crippen molar-refractivity contribution >= 4 is 35.1 Å². The lowest BCUT2D eigenvalue weighted by atomic mass is 10.1. The molecule has 0 saturated carbocycles. The molecule has 0 bridgehead atoms. The van der Waals surface area contributed by atoms with Crippen molar-refractivity contribution < 1.29 is 14.1 Å². The van der Waals surface area contributed by atoms with E-state index in [0.29, 0.717) is 22.8 Å². The van der Waals surface area contributed by atoms with Crippen molar-refractivity contribution in [1.82, 2.24) is 5.16 Å². The van der Waals surface area contributed by atoms with Crippen LogP contribution in [-0.2, 0) is 4.79 Å². The van der Waals surface area contributed by atoms with Crippen molar-refractivity contribution in [2.45, 2.75) is 18.7 Å². The summed E-state index contributed by atoms with van der Waals surface area (Å²) >= 11 is 1.37. The summed E-state index contributed by atoms with van der Waals surface area (Å²) in [6.07, 6.45) is 0. The highest BCUT2D eigenvalue weighted by Crippen LogP contribution is 2.22. The summed E-state index contributed by atoms with van der Waals surface area (Å²) in [5.74, 6) is 0.909. The molecule has 3 aromatic rings. The molecule has 0 aliphatic carbocycles. The summed E-state index contributed by atoms with van der Waals surface area (Å²) in [5, 5.41) is 9.27. The molecular formula is C20H19N3O3S. The number of aromatic nitrogens is 1. The van der Waals surface area contributed by atoms with Gasteiger partial charge in [0.2, 0.25) is 5.91 Å². The maximum Gasteiger partial charge on any atom is 0.255 e. The minimum absolute atomic E-state index is 0.170. The number of nitrogens with zero attached hydrogens (tertiary/aromatic N) is 1. The van der Waals surface area contributed by atoms with Gasteiger partial charge in [0.25, 0.3) is 5.91 Å². The van der Waals surface area contributed by atoms with Crippen LogP contribution in [0.5, 0.6) is 0 Å². The van der Waals surface area contributed by atoms with Gasteiger partial charge in [0.05, 0.1) is 5.75 Å². The average Bonchev–Trinajstić information content (AvgIpc) is 3.05. The first kappa shape index (κ1) is 18.7. The number of anilines is 2. The second-order valence-corrected chi connectivity index (χ2v) is 7.06. The van der Waals surface area contributed by atoms with E-state index in [4.69, 9.17) is 4.52 Å². The normalized spacial score (nSPS) is 10.4. The molecule has 1 heterocycles. The second kappa shape index (κ2) is 8.55. The van der Waals surface area contributed by atoms with E-state index in [9.17, 15) is 9.59 Å². The van der Waals surface area contributed by atoms with Crippen molar-refractivity contribution in [1.29, 1.82) is 0 Å². The quantitative estimate of drug-likeness (QED) is 0.623. The Hall–Kier alpha value is -3.06. The Morgan fingerprint density at radius 2 is 1.81 bits per heavy atom. The standard InChI is InChI=1S/C20H19N3O3S/c1-13-6-8-15(9-7-13)20(25)21-16-4-3-5-17(11-16)27-12-19(24)22-18-10-14(2)26-23-18/h3-11H,12H2,1-2H3,(H,21,25)(H,22,23,24). The molecule has 1 aromatic heterocycles.